The molecule has 59 heavy (non-hydrogen) atoms. The third kappa shape index (κ3) is 7.90. The van der Waals surface area contributed by atoms with E-state index in [2.05, 4.69) is 56.7 Å². The Hall–Kier alpha value is -5.74. The Balaban J connectivity index is 0.937. The number of H-pyrrole nitrogens is 2. The van der Waals surface area contributed by atoms with E-state index in [1.54, 1.807) is 11.2 Å². The number of ether oxygens (including phenoxy) is 2. The Bertz CT molecular complexity index is 2160. The highest BCUT2D eigenvalue weighted by Gasteiger charge is 2.56. The van der Waals surface area contributed by atoms with Gasteiger partial charge in [-0.3, -0.25) is 19.5 Å². The van der Waals surface area contributed by atoms with Crippen molar-refractivity contribution in [3.05, 3.63) is 72.6 Å². The van der Waals surface area contributed by atoms with Crippen molar-refractivity contribution in [1.82, 2.24) is 45.1 Å². The monoisotopic (exact) mass is 807 g/mol. The van der Waals surface area contributed by atoms with Crippen LogP contribution in [0, 0.1) is 17.8 Å². The summed E-state index contributed by atoms with van der Waals surface area (Å²) in [4.78, 5) is 71.5. The number of likely N-dealkylation sites (N-methyl/N-ethyl adjacent to an activating group) is 1. The number of piperidine rings is 1. The number of hydrazine groups is 1. The summed E-state index contributed by atoms with van der Waals surface area (Å²) in [5.74, 6) is 1.24. The summed E-state index contributed by atoms with van der Waals surface area (Å²) in [6, 6.07) is 14.6. The fraction of sp³-hybridized carbons (Fsp3) is 0.488. The van der Waals surface area contributed by atoms with Crippen molar-refractivity contribution < 1.29 is 33.8 Å². The lowest BCUT2D eigenvalue weighted by Gasteiger charge is -2.36. The van der Waals surface area contributed by atoms with Crippen LogP contribution in [0.15, 0.2) is 60.9 Å². The average molecular weight is 808 g/mol. The number of benzene rings is 2. The molecule has 3 saturated heterocycles. The first-order valence-corrected chi connectivity index (χ1v) is 20.5. The number of nitrogens with zero attached hydrogens (tertiary/aromatic N) is 6. The fourth-order valence-corrected chi connectivity index (χ4v) is 9.29. The van der Waals surface area contributed by atoms with Crippen molar-refractivity contribution in [2.45, 2.75) is 76.2 Å². The predicted molar refractivity (Wildman–Crippen MR) is 217 cm³/mol. The van der Waals surface area contributed by atoms with Gasteiger partial charge in [0.25, 0.3) is 5.91 Å². The first-order chi connectivity index (χ1) is 28.4. The minimum Gasteiger partial charge on any atom is -0.465 e. The lowest BCUT2D eigenvalue weighted by atomic mass is 9.90. The van der Waals surface area contributed by atoms with Gasteiger partial charge in [0.15, 0.2) is 0 Å². The van der Waals surface area contributed by atoms with Crippen molar-refractivity contribution in [3.63, 3.8) is 0 Å². The number of aromatic nitrogens is 4. The number of hydrogen-bond acceptors (Lipinski definition) is 9. The number of carbonyl (C=O) groups excluding carboxylic acids is 3. The van der Waals surface area contributed by atoms with Gasteiger partial charge in [-0.1, -0.05) is 62.4 Å². The van der Waals surface area contributed by atoms with E-state index < -0.39 is 24.3 Å². The van der Waals surface area contributed by atoms with Gasteiger partial charge in [-0.25, -0.2) is 24.6 Å². The van der Waals surface area contributed by atoms with Crippen LogP contribution in [-0.2, 0) is 19.1 Å². The number of carboxylic acid groups (broad SMARTS) is 1. The summed E-state index contributed by atoms with van der Waals surface area (Å²) in [7, 11) is 4.59. The van der Waals surface area contributed by atoms with Gasteiger partial charge in [0, 0.05) is 39.9 Å². The Morgan fingerprint density at radius 2 is 1.41 bits per heavy atom. The largest absolute Gasteiger partial charge is 0.465 e. The average Bonchev–Trinajstić information content (AvgIpc) is 3.72. The molecule has 1 saturated carbocycles. The zero-order chi connectivity index (χ0) is 41.5. The van der Waals surface area contributed by atoms with Crippen molar-refractivity contribution in [1.29, 1.82) is 0 Å². The molecule has 4 amide bonds. The number of fused-ring (bicyclic) bond motifs is 1. The lowest BCUT2D eigenvalue weighted by molar-refractivity contribution is -0.152. The summed E-state index contributed by atoms with van der Waals surface area (Å²) < 4.78 is 10.4. The second kappa shape index (κ2) is 16.5. The van der Waals surface area contributed by atoms with Gasteiger partial charge < -0.3 is 34.8 Å². The molecular formula is C43H53N9O7. The van der Waals surface area contributed by atoms with Crippen LogP contribution in [0.5, 0.6) is 0 Å². The number of carbonyl (C=O) groups is 4. The predicted octanol–water partition coefficient (Wildman–Crippen LogP) is 5.70. The van der Waals surface area contributed by atoms with E-state index in [0.29, 0.717) is 50.8 Å². The highest BCUT2D eigenvalue weighted by atomic mass is 16.5. The molecule has 2 aromatic heterocycles. The minimum absolute atomic E-state index is 0.0252. The van der Waals surface area contributed by atoms with E-state index in [0.717, 1.165) is 57.2 Å². The highest BCUT2D eigenvalue weighted by molar-refractivity contribution is 5.87. The molecule has 6 atom stereocenters. The Morgan fingerprint density at radius 3 is 1.95 bits per heavy atom. The third-order valence-electron chi connectivity index (χ3n) is 12.6. The summed E-state index contributed by atoms with van der Waals surface area (Å²) in [6.45, 7) is 5.46. The summed E-state index contributed by atoms with van der Waals surface area (Å²) >= 11 is 0. The molecule has 16 heteroatoms. The molecule has 16 nitrogen and oxygen atoms in total. The first-order valence-electron chi connectivity index (χ1n) is 20.5. The molecule has 0 radical (unpaired) electrons. The zero-order valence-electron chi connectivity index (χ0n) is 34.1. The Kier molecular flexibility index (Phi) is 11.2. The zero-order valence-corrected chi connectivity index (χ0v) is 34.1. The van der Waals surface area contributed by atoms with Crippen LogP contribution in [0.4, 0.5) is 9.59 Å². The van der Waals surface area contributed by atoms with Crippen LogP contribution >= 0.6 is 0 Å². The van der Waals surface area contributed by atoms with Gasteiger partial charge in [0.1, 0.15) is 29.8 Å². The third-order valence-corrected chi connectivity index (χ3v) is 12.6. The molecule has 4 aliphatic rings. The van der Waals surface area contributed by atoms with Crippen molar-refractivity contribution in [2.24, 2.45) is 17.8 Å². The fourth-order valence-electron chi connectivity index (χ4n) is 9.29. The Labute approximate surface area is 343 Å². The Morgan fingerprint density at radius 1 is 0.847 bits per heavy atom. The van der Waals surface area contributed by atoms with Crippen LogP contribution in [0.3, 0.4) is 0 Å². The topological polar surface area (TPSA) is 189 Å². The normalized spacial score (nSPS) is 22.9. The van der Waals surface area contributed by atoms with Crippen LogP contribution in [0.2, 0.25) is 0 Å². The number of methoxy groups -OCH3 is 1. The van der Waals surface area contributed by atoms with Gasteiger partial charge in [-0.2, -0.15) is 0 Å². The molecular weight excluding hydrogens is 755 g/mol. The number of rotatable bonds is 11. The van der Waals surface area contributed by atoms with Crippen LogP contribution in [0.25, 0.3) is 33.6 Å². The van der Waals surface area contributed by atoms with Crippen molar-refractivity contribution in [3.8, 4) is 33.6 Å². The number of alkyl carbamates (subject to hydrolysis) is 1. The van der Waals surface area contributed by atoms with Crippen LogP contribution < -0.4 is 5.32 Å². The van der Waals surface area contributed by atoms with E-state index >= 15 is 0 Å². The van der Waals surface area contributed by atoms with Gasteiger partial charge in [0.2, 0.25) is 5.91 Å². The molecule has 0 spiro atoms. The molecule has 4 fully saturated rings. The summed E-state index contributed by atoms with van der Waals surface area (Å²) in [5.41, 5.74) is 5.69. The van der Waals surface area contributed by atoms with E-state index in [9.17, 15) is 24.3 Å². The number of amides is 4. The number of hydrogen-bond donors (Lipinski definition) is 4. The maximum atomic E-state index is 14.2. The molecule has 2 aromatic carbocycles. The second-order valence-corrected chi connectivity index (χ2v) is 16.6. The smallest absolute Gasteiger partial charge is 0.407 e. The standard InChI is InChI=1S/C43H53N9O7/c1-24(2)37(50(4)43(56)57)41(54)52-33(14-17-49(52)3)38-44-22-31(46-38)27-10-6-25(7-11-27)26-8-12-28(13-9-26)32-23-45-39(47-32)35-21-30-20-34(30)51(35)40(53)36(48-42(55)58-5)29-15-18-59-19-16-29/h6-13,22-24,29-30,33-37H,14-21H2,1-5H3,(H,44,46)(H,45,47)(H,48,55)(H,56,57)/t30-,33-,34+,35-,36-,37-/m0/s1. The van der Waals surface area contributed by atoms with Crippen molar-refractivity contribution in [2.75, 3.05) is 41.0 Å². The van der Waals surface area contributed by atoms with E-state index in [1.807, 2.05) is 49.1 Å². The van der Waals surface area contributed by atoms with E-state index in [4.69, 9.17) is 14.5 Å². The van der Waals surface area contributed by atoms with Crippen LogP contribution in [0.1, 0.15) is 69.7 Å². The molecule has 0 bridgehead atoms. The van der Waals surface area contributed by atoms with E-state index in [-0.39, 0.29) is 41.8 Å². The van der Waals surface area contributed by atoms with Gasteiger partial charge >= 0.3 is 12.2 Å². The molecule has 4 N–H and O–H groups in total. The molecule has 1 aliphatic carbocycles. The molecule has 8 rings (SSSR count). The molecule has 5 heterocycles. The van der Waals surface area contributed by atoms with Crippen LogP contribution in [-0.4, -0.2) is 128 Å². The maximum absolute atomic E-state index is 14.2. The summed E-state index contributed by atoms with van der Waals surface area (Å²) in [6.07, 6.45) is 5.70. The maximum Gasteiger partial charge on any atom is 0.407 e. The van der Waals surface area contributed by atoms with Gasteiger partial charge in [-0.15, -0.1) is 0 Å². The molecule has 4 aromatic rings. The van der Waals surface area contributed by atoms with Crippen molar-refractivity contribution >= 4 is 24.0 Å². The van der Waals surface area contributed by atoms with Gasteiger partial charge in [0.05, 0.1) is 36.9 Å². The first kappa shape index (κ1) is 40.1. The number of aromatic amines is 2. The number of imidazole rings is 2. The minimum atomic E-state index is -1.15. The molecule has 3 aliphatic heterocycles. The lowest BCUT2D eigenvalue weighted by Crippen LogP contribution is -2.54. The second-order valence-electron chi connectivity index (χ2n) is 16.6. The molecule has 312 valence electrons. The van der Waals surface area contributed by atoms with E-state index in [1.165, 1.54) is 14.2 Å². The quantitative estimate of drug-likeness (QED) is 0.146. The number of likely N-dealkylation sites (tertiary alicyclic amines) is 1. The SMILES string of the molecule is COC(=O)N[C@H](C(=O)N1[C@@H]2C[C@H]2C[C@H]1c1ncc(-c2ccc(-c3ccc(-c4cnc([C@@H]5CCN(C)N5C(=O)[C@H](C(C)C)N(C)C(=O)O)[nH]4)cc3)cc2)[nH]1)C1CCOCC1. The number of nitrogens with one attached hydrogen (secondary N) is 3. The molecule has 0 unspecified atom stereocenters. The van der Waals surface area contributed by atoms with Gasteiger partial charge in [-0.05, 0) is 72.1 Å². The highest BCUT2D eigenvalue weighted by Crippen LogP contribution is 2.53. The summed E-state index contributed by atoms with van der Waals surface area (Å²) in [5, 5.41) is 16.0.